The molecule has 1 aromatic heterocycles. The highest BCUT2D eigenvalue weighted by molar-refractivity contribution is 5.82. The second-order valence-electron chi connectivity index (χ2n) is 6.75. The van der Waals surface area contributed by atoms with Gasteiger partial charge in [0.15, 0.2) is 0 Å². The summed E-state index contributed by atoms with van der Waals surface area (Å²) in [4.78, 5) is 19.0. The molecule has 0 saturated carbocycles. The molecule has 2 heterocycles. The van der Waals surface area contributed by atoms with Gasteiger partial charge < -0.3 is 14.6 Å². The summed E-state index contributed by atoms with van der Waals surface area (Å²) in [6.45, 7) is 1.06. The van der Waals surface area contributed by atoms with Gasteiger partial charge in [-0.15, -0.1) is 0 Å². The molecule has 144 valence electrons. The molecule has 0 radical (unpaired) electrons. The van der Waals surface area contributed by atoms with Crippen LogP contribution in [-0.2, 0) is 24.3 Å². The minimum Gasteiger partial charge on any atom is -0.497 e. The number of carbonyl (C=O) groups is 1. The fraction of sp³-hybridized carbons (Fsp3) is 0.286. The number of amides is 1. The van der Waals surface area contributed by atoms with Gasteiger partial charge in [-0.3, -0.25) is 9.69 Å². The van der Waals surface area contributed by atoms with E-state index in [-0.39, 0.29) is 11.9 Å². The van der Waals surface area contributed by atoms with E-state index >= 15 is 0 Å². The Labute approximate surface area is 163 Å². The Hall–Kier alpha value is -3.19. The molecule has 2 aromatic carbocycles. The molecule has 4 rings (SSSR count). The van der Waals surface area contributed by atoms with Gasteiger partial charge >= 0.3 is 0 Å². The van der Waals surface area contributed by atoms with E-state index < -0.39 is 0 Å². The van der Waals surface area contributed by atoms with Crippen molar-refractivity contribution in [3.8, 4) is 17.1 Å². The quantitative estimate of drug-likeness (QED) is 0.734. The standard InChI is InChI=1S/C21H22N4O3/c1-22-21(26)18-11-14-6-3-4-7-16(14)12-25(18)13-19-23-20(24-28-19)15-8-5-9-17(10-15)27-2/h3-10,18H,11-13H2,1-2H3,(H,22,26)/t18-/m0/s1. The fourth-order valence-corrected chi connectivity index (χ4v) is 3.54. The molecule has 1 N–H and O–H groups in total. The van der Waals surface area contributed by atoms with Crippen LogP contribution < -0.4 is 10.1 Å². The Bertz CT molecular complexity index is 985. The number of aromatic nitrogens is 2. The van der Waals surface area contributed by atoms with E-state index in [1.807, 2.05) is 36.4 Å². The Morgan fingerprint density at radius 1 is 1.25 bits per heavy atom. The topological polar surface area (TPSA) is 80.5 Å². The Morgan fingerprint density at radius 3 is 2.86 bits per heavy atom. The smallest absolute Gasteiger partial charge is 0.241 e. The summed E-state index contributed by atoms with van der Waals surface area (Å²) < 4.78 is 10.7. The zero-order valence-corrected chi connectivity index (χ0v) is 15.9. The Kier molecular flexibility index (Phi) is 5.08. The number of nitrogens with zero attached hydrogens (tertiary/aromatic N) is 3. The number of methoxy groups -OCH3 is 1. The number of rotatable bonds is 5. The summed E-state index contributed by atoms with van der Waals surface area (Å²) >= 11 is 0. The van der Waals surface area contributed by atoms with Crippen molar-refractivity contribution in [3.63, 3.8) is 0 Å². The number of fused-ring (bicyclic) bond motifs is 1. The normalized spacial score (nSPS) is 16.4. The summed E-state index contributed by atoms with van der Waals surface area (Å²) in [6.07, 6.45) is 0.659. The molecule has 0 aliphatic carbocycles. The number of nitrogens with one attached hydrogen (secondary N) is 1. The maximum absolute atomic E-state index is 12.4. The number of hydrogen-bond donors (Lipinski definition) is 1. The van der Waals surface area contributed by atoms with Crippen LogP contribution in [-0.4, -0.2) is 41.1 Å². The average Bonchev–Trinajstić information content (AvgIpc) is 3.21. The molecule has 3 aromatic rings. The number of likely N-dealkylation sites (N-methyl/N-ethyl adjacent to an activating group) is 1. The van der Waals surface area contributed by atoms with Crippen LogP contribution in [0.3, 0.4) is 0 Å². The minimum absolute atomic E-state index is 0.0120. The molecule has 0 fully saturated rings. The molecule has 7 heteroatoms. The van der Waals surface area contributed by atoms with Crippen LogP contribution in [0, 0.1) is 0 Å². The number of carbonyl (C=O) groups excluding carboxylic acids is 1. The first kappa shape index (κ1) is 18.2. The number of hydrogen-bond acceptors (Lipinski definition) is 6. The van der Waals surface area contributed by atoms with Gasteiger partial charge in [0.25, 0.3) is 0 Å². The second kappa shape index (κ2) is 7.82. The Balaban J connectivity index is 1.57. The van der Waals surface area contributed by atoms with Crippen molar-refractivity contribution in [1.82, 2.24) is 20.4 Å². The van der Waals surface area contributed by atoms with E-state index in [1.165, 1.54) is 11.1 Å². The number of ether oxygens (including phenoxy) is 1. The summed E-state index contributed by atoms with van der Waals surface area (Å²) in [5.74, 6) is 1.70. The first-order valence-corrected chi connectivity index (χ1v) is 9.17. The molecule has 0 bridgehead atoms. The molecule has 7 nitrogen and oxygen atoms in total. The number of benzene rings is 2. The van der Waals surface area contributed by atoms with E-state index in [1.54, 1.807) is 14.2 Å². The molecular formula is C21H22N4O3. The zero-order valence-electron chi connectivity index (χ0n) is 15.9. The molecule has 1 atom stereocenters. The van der Waals surface area contributed by atoms with Gasteiger partial charge in [0, 0.05) is 19.2 Å². The Morgan fingerprint density at radius 2 is 2.07 bits per heavy atom. The minimum atomic E-state index is -0.271. The van der Waals surface area contributed by atoms with Gasteiger partial charge in [0.05, 0.1) is 19.7 Å². The molecular weight excluding hydrogens is 356 g/mol. The predicted octanol–water partition coefficient (Wildman–Crippen LogP) is 2.42. The second-order valence-corrected chi connectivity index (χ2v) is 6.75. The third-order valence-corrected chi connectivity index (χ3v) is 5.03. The van der Waals surface area contributed by atoms with Crippen molar-refractivity contribution in [2.24, 2.45) is 0 Å². The van der Waals surface area contributed by atoms with E-state index in [9.17, 15) is 4.79 Å². The lowest BCUT2D eigenvalue weighted by Crippen LogP contribution is -2.49. The highest BCUT2D eigenvalue weighted by Gasteiger charge is 2.32. The van der Waals surface area contributed by atoms with E-state index in [0.29, 0.717) is 31.2 Å². The third-order valence-electron chi connectivity index (χ3n) is 5.03. The fourth-order valence-electron chi connectivity index (χ4n) is 3.54. The summed E-state index contributed by atoms with van der Waals surface area (Å²) in [5.41, 5.74) is 3.24. The van der Waals surface area contributed by atoms with Crippen molar-refractivity contribution in [2.75, 3.05) is 14.2 Å². The van der Waals surface area contributed by atoms with Gasteiger partial charge in [0.2, 0.25) is 17.6 Å². The summed E-state index contributed by atoms with van der Waals surface area (Å²) in [6, 6.07) is 15.4. The van der Waals surface area contributed by atoms with Crippen molar-refractivity contribution in [1.29, 1.82) is 0 Å². The van der Waals surface area contributed by atoms with Gasteiger partial charge in [-0.25, -0.2) is 0 Å². The average molecular weight is 378 g/mol. The lowest BCUT2D eigenvalue weighted by Gasteiger charge is -2.34. The van der Waals surface area contributed by atoms with E-state index in [2.05, 4.69) is 32.5 Å². The molecule has 0 spiro atoms. The predicted molar refractivity (Wildman–Crippen MR) is 104 cm³/mol. The highest BCUT2D eigenvalue weighted by Crippen LogP contribution is 2.26. The SMILES string of the molecule is CNC(=O)[C@@H]1Cc2ccccc2CN1Cc1nc(-c2cccc(OC)c2)no1. The lowest BCUT2D eigenvalue weighted by atomic mass is 9.93. The zero-order chi connectivity index (χ0) is 19.5. The van der Waals surface area contributed by atoms with E-state index in [4.69, 9.17) is 9.26 Å². The van der Waals surface area contributed by atoms with Gasteiger partial charge in [-0.05, 0) is 29.7 Å². The van der Waals surface area contributed by atoms with Gasteiger partial charge in [0.1, 0.15) is 5.75 Å². The summed E-state index contributed by atoms with van der Waals surface area (Å²) in [7, 11) is 3.28. The maximum atomic E-state index is 12.4. The van der Waals surface area contributed by atoms with Crippen LogP contribution in [0.5, 0.6) is 5.75 Å². The molecule has 28 heavy (non-hydrogen) atoms. The third kappa shape index (κ3) is 3.61. The van der Waals surface area contributed by atoms with Crippen molar-refractivity contribution >= 4 is 5.91 Å². The monoisotopic (exact) mass is 378 g/mol. The van der Waals surface area contributed by atoms with E-state index in [0.717, 1.165) is 11.3 Å². The molecule has 0 unspecified atom stereocenters. The molecule has 1 aliphatic heterocycles. The first-order valence-electron chi connectivity index (χ1n) is 9.17. The van der Waals surface area contributed by atoms with Crippen LogP contribution in [0.15, 0.2) is 53.1 Å². The van der Waals surface area contributed by atoms with Gasteiger partial charge in [-0.2, -0.15) is 4.98 Å². The first-order chi connectivity index (χ1) is 13.7. The maximum Gasteiger partial charge on any atom is 0.241 e. The van der Waals surface area contributed by atoms with Crippen LogP contribution >= 0.6 is 0 Å². The van der Waals surface area contributed by atoms with Crippen LogP contribution in [0.4, 0.5) is 0 Å². The lowest BCUT2D eigenvalue weighted by molar-refractivity contribution is -0.127. The molecule has 1 aliphatic rings. The summed E-state index contributed by atoms with van der Waals surface area (Å²) in [5, 5.41) is 6.86. The largest absolute Gasteiger partial charge is 0.497 e. The highest BCUT2D eigenvalue weighted by atomic mass is 16.5. The van der Waals surface area contributed by atoms with Crippen molar-refractivity contribution < 1.29 is 14.1 Å². The van der Waals surface area contributed by atoms with Crippen molar-refractivity contribution in [3.05, 3.63) is 65.5 Å². The van der Waals surface area contributed by atoms with Crippen LogP contribution in [0.1, 0.15) is 17.0 Å². The van der Waals surface area contributed by atoms with Crippen molar-refractivity contribution in [2.45, 2.75) is 25.6 Å². The van der Waals surface area contributed by atoms with Gasteiger partial charge in [-0.1, -0.05) is 41.6 Å². The molecule has 1 amide bonds. The van der Waals surface area contributed by atoms with Crippen LogP contribution in [0.25, 0.3) is 11.4 Å². The van der Waals surface area contributed by atoms with Crippen LogP contribution in [0.2, 0.25) is 0 Å². The molecule has 0 saturated heterocycles.